The zero-order chi connectivity index (χ0) is 21.8. The van der Waals surface area contributed by atoms with E-state index in [4.69, 9.17) is 0 Å². The van der Waals surface area contributed by atoms with Crippen molar-refractivity contribution in [3.8, 4) is 0 Å². The Kier molecular flexibility index (Phi) is 6.13. The predicted octanol–water partition coefficient (Wildman–Crippen LogP) is 4.49. The highest BCUT2D eigenvalue weighted by atomic mass is 32.2. The summed E-state index contributed by atoms with van der Waals surface area (Å²) < 4.78 is 1.70. The third-order valence-corrected chi connectivity index (χ3v) is 5.84. The number of para-hydroxylation sites is 1. The standard InChI is InChI=1S/C24H22N4O2S/c1-3-16-7-6-8-17(13-16)26-21(29)15-31-22-14-19(18-9-4-5-10-20(18)27-22)23(30)24-25-11-12-28(24)2/h4-14H,3,15H2,1-2H3,(H,26,29). The third-order valence-electron chi connectivity index (χ3n) is 4.93. The first-order valence-corrected chi connectivity index (χ1v) is 11.0. The predicted molar refractivity (Wildman–Crippen MR) is 124 cm³/mol. The van der Waals surface area contributed by atoms with E-state index in [-0.39, 0.29) is 17.4 Å². The summed E-state index contributed by atoms with van der Waals surface area (Å²) in [5.41, 5.74) is 3.18. The van der Waals surface area contributed by atoms with Crippen LogP contribution in [0.15, 0.2) is 72.0 Å². The number of hydrogen-bond donors (Lipinski definition) is 1. The minimum Gasteiger partial charge on any atom is -0.331 e. The Bertz CT molecular complexity index is 1270. The minimum absolute atomic E-state index is 0.120. The largest absolute Gasteiger partial charge is 0.331 e. The molecule has 7 heteroatoms. The van der Waals surface area contributed by atoms with E-state index in [2.05, 4.69) is 22.2 Å². The maximum atomic E-state index is 13.1. The van der Waals surface area contributed by atoms with Gasteiger partial charge in [0.05, 0.1) is 16.3 Å². The number of fused-ring (bicyclic) bond motifs is 1. The molecule has 1 N–H and O–H groups in total. The van der Waals surface area contributed by atoms with Gasteiger partial charge in [-0.2, -0.15) is 0 Å². The number of benzene rings is 2. The van der Waals surface area contributed by atoms with Gasteiger partial charge < -0.3 is 9.88 Å². The number of hydrogen-bond acceptors (Lipinski definition) is 5. The lowest BCUT2D eigenvalue weighted by molar-refractivity contribution is -0.113. The number of thioether (sulfide) groups is 1. The molecule has 0 spiro atoms. The molecule has 0 saturated heterocycles. The quantitative estimate of drug-likeness (QED) is 0.345. The molecule has 0 bridgehead atoms. The van der Waals surface area contributed by atoms with Gasteiger partial charge in [0, 0.05) is 36.1 Å². The maximum absolute atomic E-state index is 13.1. The molecule has 4 rings (SSSR count). The second-order valence-corrected chi connectivity index (χ2v) is 8.10. The zero-order valence-corrected chi connectivity index (χ0v) is 18.1. The van der Waals surface area contributed by atoms with Crippen LogP contribution in [0.5, 0.6) is 0 Å². The molecular weight excluding hydrogens is 408 g/mol. The van der Waals surface area contributed by atoms with Crippen molar-refractivity contribution in [2.75, 3.05) is 11.1 Å². The van der Waals surface area contributed by atoms with Crippen molar-refractivity contribution >= 4 is 40.0 Å². The highest BCUT2D eigenvalue weighted by molar-refractivity contribution is 7.99. The number of carbonyl (C=O) groups excluding carboxylic acids is 2. The number of ketones is 1. The van der Waals surface area contributed by atoms with Crippen LogP contribution in [0.3, 0.4) is 0 Å². The van der Waals surface area contributed by atoms with E-state index in [1.165, 1.54) is 17.3 Å². The summed E-state index contributed by atoms with van der Waals surface area (Å²) in [4.78, 5) is 34.4. The SMILES string of the molecule is CCc1cccc(NC(=O)CSc2cc(C(=O)c3nccn3C)c3ccccc3n2)c1. The molecule has 0 aliphatic heterocycles. The smallest absolute Gasteiger partial charge is 0.234 e. The Morgan fingerprint density at radius 3 is 2.71 bits per heavy atom. The Morgan fingerprint density at radius 2 is 1.94 bits per heavy atom. The molecular formula is C24H22N4O2S. The van der Waals surface area contributed by atoms with Crippen LogP contribution >= 0.6 is 11.8 Å². The molecule has 0 aliphatic carbocycles. The number of nitrogens with zero attached hydrogens (tertiary/aromatic N) is 3. The van der Waals surface area contributed by atoms with Gasteiger partial charge in [-0.25, -0.2) is 9.97 Å². The molecule has 156 valence electrons. The molecule has 6 nitrogen and oxygen atoms in total. The van der Waals surface area contributed by atoms with Crippen molar-refractivity contribution in [3.05, 3.63) is 83.9 Å². The number of amides is 1. The topological polar surface area (TPSA) is 76.9 Å². The Morgan fingerprint density at radius 1 is 1.10 bits per heavy atom. The van der Waals surface area contributed by atoms with Gasteiger partial charge in [0.15, 0.2) is 5.82 Å². The molecule has 4 aromatic rings. The second-order valence-electron chi connectivity index (χ2n) is 7.11. The lowest BCUT2D eigenvalue weighted by atomic mass is 10.1. The van der Waals surface area contributed by atoms with E-state index >= 15 is 0 Å². The Labute approximate surface area is 184 Å². The number of aromatic nitrogens is 3. The van der Waals surface area contributed by atoms with Crippen LogP contribution in [0.2, 0.25) is 0 Å². The van der Waals surface area contributed by atoms with Gasteiger partial charge in [-0.05, 0) is 36.2 Å². The number of rotatable bonds is 7. The normalized spacial score (nSPS) is 10.9. The van der Waals surface area contributed by atoms with E-state index in [9.17, 15) is 9.59 Å². The zero-order valence-electron chi connectivity index (χ0n) is 17.3. The molecule has 1 amide bonds. The number of imidazole rings is 1. The molecule has 2 aromatic heterocycles. The molecule has 0 aliphatic rings. The summed E-state index contributed by atoms with van der Waals surface area (Å²) >= 11 is 1.30. The third kappa shape index (κ3) is 4.67. The van der Waals surface area contributed by atoms with Crippen LogP contribution in [0.1, 0.15) is 28.7 Å². The fourth-order valence-corrected chi connectivity index (χ4v) is 4.04. The summed E-state index contributed by atoms with van der Waals surface area (Å²) in [6, 6.07) is 17.1. The molecule has 2 aromatic carbocycles. The maximum Gasteiger partial charge on any atom is 0.234 e. The van der Waals surface area contributed by atoms with Crippen LogP contribution in [-0.2, 0) is 18.3 Å². The van der Waals surface area contributed by atoms with Crippen molar-refractivity contribution in [1.29, 1.82) is 0 Å². The molecule has 0 radical (unpaired) electrons. The van der Waals surface area contributed by atoms with Crippen molar-refractivity contribution in [2.24, 2.45) is 7.05 Å². The van der Waals surface area contributed by atoms with Gasteiger partial charge in [-0.15, -0.1) is 0 Å². The molecule has 0 atom stereocenters. The van der Waals surface area contributed by atoms with Gasteiger partial charge in [0.1, 0.15) is 0 Å². The van der Waals surface area contributed by atoms with Crippen LogP contribution in [0.25, 0.3) is 10.9 Å². The Hall–Kier alpha value is -3.45. The van der Waals surface area contributed by atoms with Crippen molar-refractivity contribution in [3.63, 3.8) is 0 Å². The first-order valence-electron chi connectivity index (χ1n) is 9.98. The summed E-state index contributed by atoms with van der Waals surface area (Å²) in [5, 5.41) is 4.31. The number of pyridine rings is 1. The molecule has 0 unspecified atom stereocenters. The van der Waals surface area contributed by atoms with E-state index in [0.29, 0.717) is 21.9 Å². The monoisotopic (exact) mass is 430 g/mol. The second kappa shape index (κ2) is 9.14. The van der Waals surface area contributed by atoms with Crippen LogP contribution in [0, 0.1) is 0 Å². The number of nitrogens with one attached hydrogen (secondary N) is 1. The van der Waals surface area contributed by atoms with E-state index in [0.717, 1.165) is 17.5 Å². The first-order chi connectivity index (χ1) is 15.0. The number of aryl methyl sites for hydroxylation is 2. The Balaban J connectivity index is 1.56. The van der Waals surface area contributed by atoms with E-state index < -0.39 is 0 Å². The van der Waals surface area contributed by atoms with Gasteiger partial charge in [-0.1, -0.05) is 49.0 Å². The summed E-state index contributed by atoms with van der Waals surface area (Å²) in [6.07, 6.45) is 4.25. The average Bonchev–Trinajstić information content (AvgIpc) is 3.22. The highest BCUT2D eigenvalue weighted by Gasteiger charge is 2.19. The van der Waals surface area contributed by atoms with E-state index in [1.807, 2.05) is 48.5 Å². The summed E-state index contributed by atoms with van der Waals surface area (Å²) in [5.74, 6) is 0.261. The average molecular weight is 431 g/mol. The number of anilines is 1. The fraction of sp³-hybridized carbons (Fsp3) is 0.167. The van der Waals surface area contributed by atoms with Gasteiger partial charge >= 0.3 is 0 Å². The van der Waals surface area contributed by atoms with Gasteiger partial charge in [0.2, 0.25) is 11.7 Å². The first kappa shape index (κ1) is 20.8. The molecule has 0 saturated carbocycles. The fourth-order valence-electron chi connectivity index (χ4n) is 3.32. The number of carbonyl (C=O) groups is 2. The van der Waals surface area contributed by atoms with Crippen LogP contribution < -0.4 is 5.32 Å². The molecule has 0 fully saturated rings. The van der Waals surface area contributed by atoms with Crippen LogP contribution in [-0.4, -0.2) is 32.0 Å². The van der Waals surface area contributed by atoms with E-state index in [1.54, 1.807) is 30.1 Å². The lowest BCUT2D eigenvalue weighted by Crippen LogP contribution is -2.14. The van der Waals surface area contributed by atoms with Gasteiger partial charge in [-0.3, -0.25) is 9.59 Å². The molecule has 31 heavy (non-hydrogen) atoms. The minimum atomic E-state index is -0.172. The molecule has 2 heterocycles. The van der Waals surface area contributed by atoms with Crippen molar-refractivity contribution in [2.45, 2.75) is 18.4 Å². The van der Waals surface area contributed by atoms with Gasteiger partial charge in [0.25, 0.3) is 0 Å². The highest BCUT2D eigenvalue weighted by Crippen LogP contribution is 2.26. The summed E-state index contributed by atoms with van der Waals surface area (Å²) in [6.45, 7) is 2.08. The lowest BCUT2D eigenvalue weighted by Gasteiger charge is -2.10. The van der Waals surface area contributed by atoms with Crippen LogP contribution in [0.4, 0.5) is 5.69 Å². The van der Waals surface area contributed by atoms with Crippen molar-refractivity contribution < 1.29 is 9.59 Å². The van der Waals surface area contributed by atoms with Crippen molar-refractivity contribution in [1.82, 2.24) is 14.5 Å². The summed E-state index contributed by atoms with van der Waals surface area (Å²) in [7, 11) is 1.79.